The van der Waals surface area contributed by atoms with Gasteiger partial charge in [0.2, 0.25) is 0 Å². The Hall–Kier alpha value is -1.81. The fourth-order valence-electron chi connectivity index (χ4n) is 2.66. The molecule has 0 radical (unpaired) electrons. The van der Waals surface area contributed by atoms with Crippen molar-refractivity contribution in [3.05, 3.63) is 47.2 Å². The third-order valence-corrected chi connectivity index (χ3v) is 3.65. The number of ether oxygens (including phenoxy) is 1. The summed E-state index contributed by atoms with van der Waals surface area (Å²) in [5.74, 6) is 0.674. The van der Waals surface area contributed by atoms with Gasteiger partial charge in [-0.25, -0.2) is 0 Å². The molecule has 22 heavy (non-hydrogen) atoms. The first-order valence-electron chi connectivity index (χ1n) is 7.75. The first-order chi connectivity index (χ1) is 10.4. The summed E-state index contributed by atoms with van der Waals surface area (Å²) in [6.07, 6.45) is 1.60. The Morgan fingerprint density at radius 1 is 1.32 bits per heavy atom. The summed E-state index contributed by atoms with van der Waals surface area (Å²) in [6.45, 7) is 6.73. The van der Waals surface area contributed by atoms with Gasteiger partial charge in [-0.2, -0.15) is 0 Å². The maximum absolute atomic E-state index is 12.9. The zero-order valence-electron chi connectivity index (χ0n) is 13.6. The molecular formula is C18H25NO3. The van der Waals surface area contributed by atoms with Crippen LogP contribution in [0.2, 0.25) is 0 Å². The summed E-state index contributed by atoms with van der Waals surface area (Å²) < 4.78 is 5.51. The van der Waals surface area contributed by atoms with Gasteiger partial charge in [-0.15, -0.1) is 0 Å². The Bertz CT molecular complexity index is 543. The minimum Gasteiger partial charge on any atom is -0.498 e. The highest BCUT2D eigenvalue weighted by Gasteiger charge is 2.27. The van der Waals surface area contributed by atoms with E-state index in [1.165, 1.54) is 0 Å². The van der Waals surface area contributed by atoms with Gasteiger partial charge in [0.1, 0.15) is 5.76 Å². The molecule has 0 bridgehead atoms. The minimum absolute atomic E-state index is 0.0387. The van der Waals surface area contributed by atoms with E-state index in [0.29, 0.717) is 18.9 Å². The number of benzene rings is 1. The van der Waals surface area contributed by atoms with Crippen LogP contribution in [0, 0.1) is 0 Å². The third-order valence-electron chi connectivity index (χ3n) is 3.65. The molecule has 0 aromatic heterocycles. The number of nitrogens with zero attached hydrogens (tertiary/aromatic N) is 1. The number of rotatable bonds is 5. The average molecular weight is 303 g/mol. The molecule has 0 saturated carbocycles. The number of allylic oxidation sites excluding steroid dienone is 1. The fourth-order valence-corrected chi connectivity index (χ4v) is 2.66. The van der Waals surface area contributed by atoms with Crippen LogP contribution in [-0.4, -0.2) is 34.7 Å². The van der Waals surface area contributed by atoms with Crippen LogP contribution in [0.15, 0.2) is 41.7 Å². The molecule has 1 heterocycles. The van der Waals surface area contributed by atoms with Crippen molar-refractivity contribution in [1.29, 1.82) is 0 Å². The first kappa shape index (κ1) is 16.6. The molecule has 2 rings (SSSR count). The molecule has 1 aliphatic heterocycles. The molecule has 4 heteroatoms. The van der Waals surface area contributed by atoms with Crippen LogP contribution in [0.4, 0.5) is 0 Å². The van der Waals surface area contributed by atoms with Crippen LogP contribution in [-0.2, 0) is 16.1 Å². The second-order valence-corrected chi connectivity index (χ2v) is 6.45. The molecular weight excluding hydrogens is 278 g/mol. The van der Waals surface area contributed by atoms with Gasteiger partial charge in [0.05, 0.1) is 17.8 Å². The lowest BCUT2D eigenvalue weighted by Crippen LogP contribution is -2.43. The van der Waals surface area contributed by atoms with Gasteiger partial charge in [0.15, 0.2) is 0 Å². The summed E-state index contributed by atoms with van der Waals surface area (Å²) in [7, 11) is 0. The van der Waals surface area contributed by atoms with E-state index in [9.17, 15) is 9.90 Å². The monoisotopic (exact) mass is 303 g/mol. The zero-order valence-corrected chi connectivity index (χ0v) is 13.6. The normalized spacial score (nSPS) is 15.5. The van der Waals surface area contributed by atoms with E-state index in [1.54, 1.807) is 18.7 Å². The number of amides is 1. The van der Waals surface area contributed by atoms with E-state index in [0.717, 1.165) is 24.0 Å². The summed E-state index contributed by atoms with van der Waals surface area (Å²) in [5.41, 5.74) is 0.843. The van der Waals surface area contributed by atoms with E-state index in [4.69, 9.17) is 4.74 Å². The molecule has 1 amide bonds. The number of aliphatic hydroxyl groups is 1. The van der Waals surface area contributed by atoms with Crippen molar-refractivity contribution >= 4 is 5.91 Å². The molecule has 1 aromatic rings. The maximum Gasteiger partial charge on any atom is 0.253 e. The Kier molecular flexibility index (Phi) is 5.24. The van der Waals surface area contributed by atoms with Crippen molar-refractivity contribution in [1.82, 2.24) is 4.90 Å². The van der Waals surface area contributed by atoms with Crippen LogP contribution in [0.25, 0.3) is 0 Å². The zero-order chi connectivity index (χ0) is 16.2. The molecule has 0 atom stereocenters. The molecule has 0 unspecified atom stereocenters. The van der Waals surface area contributed by atoms with E-state index in [1.807, 2.05) is 37.3 Å². The largest absolute Gasteiger partial charge is 0.498 e. The van der Waals surface area contributed by atoms with Gasteiger partial charge < -0.3 is 14.7 Å². The molecule has 1 N–H and O–H groups in total. The van der Waals surface area contributed by atoms with Crippen molar-refractivity contribution in [3.63, 3.8) is 0 Å². The Morgan fingerprint density at radius 3 is 2.59 bits per heavy atom. The number of hydrogen-bond acceptors (Lipinski definition) is 3. The van der Waals surface area contributed by atoms with Crippen LogP contribution in [0.3, 0.4) is 0 Å². The second kappa shape index (κ2) is 6.97. The van der Waals surface area contributed by atoms with E-state index >= 15 is 0 Å². The second-order valence-electron chi connectivity index (χ2n) is 6.45. The molecule has 1 aliphatic rings. The van der Waals surface area contributed by atoms with Gasteiger partial charge >= 0.3 is 0 Å². The lowest BCUT2D eigenvalue weighted by molar-refractivity contribution is -0.131. The number of carbonyl (C=O) groups is 1. The summed E-state index contributed by atoms with van der Waals surface area (Å²) in [4.78, 5) is 14.6. The van der Waals surface area contributed by atoms with Gasteiger partial charge in [-0.3, -0.25) is 4.79 Å². The lowest BCUT2D eigenvalue weighted by Gasteiger charge is -2.31. The highest BCUT2D eigenvalue weighted by Crippen LogP contribution is 2.23. The van der Waals surface area contributed by atoms with Crippen molar-refractivity contribution < 1.29 is 14.6 Å². The van der Waals surface area contributed by atoms with Crippen LogP contribution in [0.1, 0.15) is 39.2 Å². The quantitative estimate of drug-likeness (QED) is 0.910. The van der Waals surface area contributed by atoms with Crippen LogP contribution < -0.4 is 0 Å². The molecule has 1 aromatic carbocycles. The standard InChI is InChI=1S/C18H25NO3/c1-14-16(10-7-11-22-14)17(20)19(13-18(2,3)21)12-15-8-5-4-6-9-15/h4-6,8-9,21H,7,10-13H2,1-3H3. The van der Waals surface area contributed by atoms with Crippen molar-refractivity contribution in [2.24, 2.45) is 0 Å². The number of hydrogen-bond donors (Lipinski definition) is 1. The predicted octanol–water partition coefficient (Wildman–Crippen LogP) is 2.87. The summed E-state index contributed by atoms with van der Waals surface area (Å²) >= 11 is 0. The van der Waals surface area contributed by atoms with Crippen molar-refractivity contribution in [3.8, 4) is 0 Å². The Morgan fingerprint density at radius 2 is 2.00 bits per heavy atom. The predicted molar refractivity (Wildman–Crippen MR) is 86.0 cm³/mol. The molecule has 0 fully saturated rings. The average Bonchev–Trinajstić information content (AvgIpc) is 2.46. The van der Waals surface area contributed by atoms with E-state index < -0.39 is 5.60 Å². The highest BCUT2D eigenvalue weighted by molar-refractivity contribution is 5.94. The topological polar surface area (TPSA) is 49.8 Å². The molecule has 120 valence electrons. The van der Waals surface area contributed by atoms with Gasteiger partial charge in [0.25, 0.3) is 5.91 Å². The van der Waals surface area contributed by atoms with Crippen LogP contribution in [0.5, 0.6) is 0 Å². The smallest absolute Gasteiger partial charge is 0.253 e. The number of carbonyl (C=O) groups excluding carboxylic acids is 1. The van der Waals surface area contributed by atoms with Gasteiger partial charge in [-0.05, 0) is 39.2 Å². The SMILES string of the molecule is CC1=C(C(=O)N(Cc2ccccc2)CC(C)(C)O)CCCO1. The highest BCUT2D eigenvalue weighted by atomic mass is 16.5. The van der Waals surface area contributed by atoms with Gasteiger partial charge in [-0.1, -0.05) is 30.3 Å². The van der Waals surface area contributed by atoms with Gasteiger partial charge in [0, 0.05) is 13.1 Å². The third kappa shape index (κ3) is 4.60. The Labute approximate surface area is 132 Å². The minimum atomic E-state index is -0.936. The maximum atomic E-state index is 12.9. The fraction of sp³-hybridized carbons (Fsp3) is 0.500. The summed E-state index contributed by atoms with van der Waals surface area (Å²) in [6, 6.07) is 9.84. The van der Waals surface area contributed by atoms with Crippen molar-refractivity contribution in [2.45, 2.75) is 45.8 Å². The molecule has 4 nitrogen and oxygen atoms in total. The molecule has 0 aliphatic carbocycles. The molecule has 0 spiro atoms. The van der Waals surface area contributed by atoms with E-state index in [2.05, 4.69) is 0 Å². The Balaban J connectivity index is 2.22. The molecule has 0 saturated heterocycles. The lowest BCUT2D eigenvalue weighted by atomic mass is 10.0. The van der Waals surface area contributed by atoms with Crippen LogP contribution >= 0.6 is 0 Å². The first-order valence-corrected chi connectivity index (χ1v) is 7.75. The van der Waals surface area contributed by atoms with E-state index in [-0.39, 0.29) is 12.5 Å². The van der Waals surface area contributed by atoms with Crippen molar-refractivity contribution in [2.75, 3.05) is 13.2 Å². The summed E-state index contributed by atoms with van der Waals surface area (Å²) in [5, 5.41) is 10.1.